The van der Waals surface area contributed by atoms with Gasteiger partial charge in [-0.1, -0.05) is 12.8 Å². The van der Waals surface area contributed by atoms with Crippen molar-refractivity contribution in [1.29, 1.82) is 0 Å². The Hall–Kier alpha value is -1.63. The quantitative estimate of drug-likeness (QED) is 0.709. The van der Waals surface area contributed by atoms with Crippen LogP contribution in [-0.4, -0.2) is 46.0 Å². The number of carboxylic acid groups (broad SMARTS) is 1. The second kappa shape index (κ2) is 6.43. The number of nitrogens with zero attached hydrogens (tertiary/aromatic N) is 1. The van der Waals surface area contributed by atoms with Crippen molar-refractivity contribution in [3.05, 3.63) is 0 Å². The number of piperidine rings is 1. The summed E-state index contributed by atoms with van der Waals surface area (Å²) in [6.07, 6.45) is 5.63. The molecule has 118 valence electrons. The maximum absolute atomic E-state index is 12.0. The number of nitrogens with one attached hydrogen (secondary N) is 1. The van der Waals surface area contributed by atoms with Gasteiger partial charge in [0, 0.05) is 6.04 Å². The van der Waals surface area contributed by atoms with Gasteiger partial charge < -0.3 is 10.8 Å². The summed E-state index contributed by atoms with van der Waals surface area (Å²) in [5.74, 6) is -0.990. The van der Waals surface area contributed by atoms with Crippen LogP contribution in [0.2, 0.25) is 0 Å². The molecule has 2 rings (SSSR count). The van der Waals surface area contributed by atoms with Crippen LogP contribution in [0.1, 0.15) is 45.4 Å². The van der Waals surface area contributed by atoms with Crippen molar-refractivity contribution in [3.63, 3.8) is 0 Å². The Morgan fingerprint density at radius 3 is 2.48 bits per heavy atom. The molecule has 0 aromatic heterocycles. The number of hydrogen-bond acceptors (Lipinski definition) is 4. The molecule has 0 aromatic carbocycles. The van der Waals surface area contributed by atoms with Crippen LogP contribution in [-0.2, 0) is 9.59 Å². The van der Waals surface area contributed by atoms with E-state index in [0.717, 1.165) is 32.1 Å². The SMILES string of the molecule is CC(C(=O)NC(N)=O)N1C(C(=O)O)CCC2CCCCC21. The smallest absolute Gasteiger partial charge is 0.320 e. The second-order valence-corrected chi connectivity index (χ2v) is 6.02. The van der Waals surface area contributed by atoms with E-state index in [1.807, 2.05) is 0 Å². The highest BCUT2D eigenvalue weighted by atomic mass is 16.4. The van der Waals surface area contributed by atoms with E-state index in [0.29, 0.717) is 12.3 Å². The Labute approximate surface area is 123 Å². The minimum absolute atomic E-state index is 0.0993. The first-order valence-corrected chi connectivity index (χ1v) is 7.52. The van der Waals surface area contributed by atoms with E-state index in [-0.39, 0.29) is 6.04 Å². The molecule has 4 unspecified atom stereocenters. The molecule has 3 amide bonds. The number of urea groups is 1. The third kappa shape index (κ3) is 3.34. The number of primary amides is 1. The van der Waals surface area contributed by atoms with Gasteiger partial charge in [0.25, 0.3) is 0 Å². The molecule has 0 radical (unpaired) electrons. The lowest BCUT2D eigenvalue weighted by Gasteiger charge is -2.49. The van der Waals surface area contributed by atoms with E-state index in [2.05, 4.69) is 5.32 Å². The van der Waals surface area contributed by atoms with Crippen LogP contribution in [0.3, 0.4) is 0 Å². The van der Waals surface area contributed by atoms with Crippen molar-refractivity contribution in [3.8, 4) is 0 Å². The highest BCUT2D eigenvalue weighted by Crippen LogP contribution is 2.39. The van der Waals surface area contributed by atoms with Crippen molar-refractivity contribution in [1.82, 2.24) is 10.2 Å². The number of imide groups is 1. The van der Waals surface area contributed by atoms with Crippen LogP contribution >= 0.6 is 0 Å². The highest BCUT2D eigenvalue weighted by molar-refractivity contribution is 5.96. The van der Waals surface area contributed by atoms with E-state index in [9.17, 15) is 19.5 Å². The Morgan fingerprint density at radius 1 is 1.19 bits per heavy atom. The molecule has 4 atom stereocenters. The third-order valence-corrected chi connectivity index (χ3v) is 4.78. The Balaban J connectivity index is 2.21. The molecule has 7 nitrogen and oxygen atoms in total. The molecule has 1 aliphatic carbocycles. The molecule has 1 heterocycles. The summed E-state index contributed by atoms with van der Waals surface area (Å²) in [6.45, 7) is 1.64. The summed E-state index contributed by atoms with van der Waals surface area (Å²) >= 11 is 0. The van der Waals surface area contributed by atoms with Crippen molar-refractivity contribution < 1.29 is 19.5 Å². The highest BCUT2D eigenvalue weighted by Gasteiger charge is 2.45. The zero-order valence-corrected chi connectivity index (χ0v) is 12.2. The van der Waals surface area contributed by atoms with Crippen LogP contribution in [0, 0.1) is 5.92 Å². The summed E-state index contributed by atoms with van der Waals surface area (Å²) < 4.78 is 0. The Kier molecular flexibility index (Phi) is 4.82. The van der Waals surface area contributed by atoms with Crippen molar-refractivity contribution in [2.24, 2.45) is 11.7 Å². The lowest BCUT2D eigenvalue weighted by molar-refractivity contribution is -0.152. The monoisotopic (exact) mass is 297 g/mol. The van der Waals surface area contributed by atoms with Crippen molar-refractivity contribution >= 4 is 17.9 Å². The molecular weight excluding hydrogens is 274 g/mol. The largest absolute Gasteiger partial charge is 0.480 e. The predicted molar refractivity (Wildman–Crippen MR) is 75.4 cm³/mol. The molecule has 21 heavy (non-hydrogen) atoms. The molecule has 1 saturated carbocycles. The number of carboxylic acids is 1. The van der Waals surface area contributed by atoms with E-state index in [1.165, 1.54) is 0 Å². The number of fused-ring (bicyclic) bond motifs is 1. The zero-order chi connectivity index (χ0) is 15.6. The number of rotatable bonds is 3. The van der Waals surface area contributed by atoms with E-state index < -0.39 is 30.0 Å². The first kappa shape index (κ1) is 15.8. The van der Waals surface area contributed by atoms with Gasteiger partial charge in [0.2, 0.25) is 5.91 Å². The fourth-order valence-electron chi connectivity index (χ4n) is 3.84. The number of hydrogen-bond donors (Lipinski definition) is 3. The number of aliphatic carboxylic acids is 1. The molecule has 7 heteroatoms. The van der Waals surface area contributed by atoms with E-state index in [4.69, 9.17) is 5.73 Å². The molecule has 0 spiro atoms. The first-order valence-electron chi connectivity index (χ1n) is 7.52. The minimum Gasteiger partial charge on any atom is -0.480 e. The van der Waals surface area contributed by atoms with E-state index >= 15 is 0 Å². The summed E-state index contributed by atoms with van der Waals surface area (Å²) in [5, 5.41) is 11.5. The first-order chi connectivity index (χ1) is 9.91. The summed E-state index contributed by atoms with van der Waals surface area (Å²) in [6, 6.07) is -2.15. The van der Waals surface area contributed by atoms with Gasteiger partial charge in [-0.3, -0.25) is 19.8 Å². The molecule has 2 aliphatic rings. The summed E-state index contributed by atoms with van der Waals surface area (Å²) in [4.78, 5) is 36.2. The number of carbonyl (C=O) groups excluding carboxylic acids is 2. The van der Waals surface area contributed by atoms with Gasteiger partial charge in [-0.2, -0.15) is 0 Å². The fraction of sp³-hybridized carbons (Fsp3) is 0.786. The topological polar surface area (TPSA) is 113 Å². The number of amides is 3. The van der Waals surface area contributed by atoms with Gasteiger partial charge in [0.15, 0.2) is 0 Å². The molecule has 1 saturated heterocycles. The third-order valence-electron chi connectivity index (χ3n) is 4.78. The van der Waals surface area contributed by atoms with Gasteiger partial charge in [-0.25, -0.2) is 4.79 Å². The average molecular weight is 297 g/mol. The Morgan fingerprint density at radius 2 is 1.86 bits per heavy atom. The summed E-state index contributed by atoms with van der Waals surface area (Å²) in [5.41, 5.74) is 4.98. The van der Waals surface area contributed by atoms with E-state index in [1.54, 1.807) is 11.8 Å². The molecule has 4 N–H and O–H groups in total. The van der Waals surface area contributed by atoms with Crippen molar-refractivity contribution in [2.45, 2.75) is 63.6 Å². The number of likely N-dealkylation sites (tertiary alicyclic amines) is 1. The lowest BCUT2D eigenvalue weighted by Crippen LogP contribution is -2.62. The lowest BCUT2D eigenvalue weighted by atomic mass is 9.75. The number of carbonyl (C=O) groups is 3. The molecule has 1 aliphatic heterocycles. The van der Waals surface area contributed by atoms with Crippen LogP contribution in [0.4, 0.5) is 4.79 Å². The van der Waals surface area contributed by atoms with Crippen LogP contribution in [0.25, 0.3) is 0 Å². The zero-order valence-electron chi connectivity index (χ0n) is 12.2. The van der Waals surface area contributed by atoms with Gasteiger partial charge in [0.05, 0.1) is 6.04 Å². The summed E-state index contributed by atoms with van der Waals surface area (Å²) in [7, 11) is 0. The van der Waals surface area contributed by atoms with Gasteiger partial charge >= 0.3 is 12.0 Å². The Bertz CT molecular complexity index is 440. The molecule has 0 bridgehead atoms. The van der Waals surface area contributed by atoms with Gasteiger partial charge in [0.1, 0.15) is 6.04 Å². The standard InChI is InChI=1S/C14H23N3O4/c1-8(12(18)16-14(15)21)17-10-5-3-2-4-9(10)6-7-11(17)13(19)20/h8-11H,2-7H2,1H3,(H,19,20)(H3,15,16,18,21). The predicted octanol–water partition coefficient (Wildman–Crippen LogP) is 0.678. The molecule has 2 fully saturated rings. The van der Waals surface area contributed by atoms with Crippen LogP contribution in [0.15, 0.2) is 0 Å². The van der Waals surface area contributed by atoms with Gasteiger partial charge in [-0.15, -0.1) is 0 Å². The van der Waals surface area contributed by atoms with Gasteiger partial charge in [-0.05, 0) is 38.5 Å². The van der Waals surface area contributed by atoms with Crippen molar-refractivity contribution in [2.75, 3.05) is 0 Å². The average Bonchev–Trinajstić information content (AvgIpc) is 2.44. The van der Waals surface area contributed by atoms with Crippen LogP contribution < -0.4 is 11.1 Å². The molecular formula is C14H23N3O4. The maximum atomic E-state index is 12.0. The number of nitrogens with two attached hydrogens (primary N) is 1. The maximum Gasteiger partial charge on any atom is 0.320 e. The molecule has 0 aromatic rings. The minimum atomic E-state index is -0.907. The normalized spacial score (nSPS) is 31.0. The van der Waals surface area contributed by atoms with Crippen LogP contribution in [0.5, 0.6) is 0 Å². The second-order valence-electron chi connectivity index (χ2n) is 6.02. The fourth-order valence-corrected chi connectivity index (χ4v) is 3.84.